The van der Waals surface area contributed by atoms with Crippen molar-refractivity contribution in [2.45, 2.75) is 0 Å². The summed E-state index contributed by atoms with van der Waals surface area (Å²) < 4.78 is 18.7. The topological polar surface area (TPSA) is 155 Å². The Morgan fingerprint density at radius 2 is 0.358 bits per heavy atom. The van der Waals surface area contributed by atoms with Gasteiger partial charge < -0.3 is 13.3 Å². The number of rotatable bonds is 15. The highest BCUT2D eigenvalue weighted by Gasteiger charge is 2.23. The van der Waals surface area contributed by atoms with E-state index in [1.165, 1.54) is 33.0 Å². The van der Waals surface area contributed by atoms with Gasteiger partial charge in [0.25, 0.3) is 0 Å². The fraction of sp³-hybridized carbons (Fsp3) is 0. The maximum atomic E-state index is 6.29. The highest BCUT2D eigenvalue weighted by atomic mass is 16.3. The molecule has 0 aliphatic carbocycles. The van der Waals surface area contributed by atoms with Crippen LogP contribution in [0.5, 0.6) is 0 Å². The number of furan rings is 3. The molecule has 0 N–H and O–H groups in total. The molecule has 12 heteroatoms. The fourth-order valence-electron chi connectivity index (χ4n) is 18.6. The molecule has 0 amide bonds. The number of hydrogen-bond donors (Lipinski definition) is 0. The Labute approximate surface area is 788 Å². The molecular weight excluding hydrogens is 1680 g/mol. The van der Waals surface area contributed by atoms with Gasteiger partial charge in [-0.2, -0.15) is 0 Å². The van der Waals surface area contributed by atoms with Crippen LogP contribution in [-0.2, 0) is 0 Å². The molecule has 0 aliphatic heterocycles. The Bertz CT molecular complexity index is 8880. The highest BCUT2D eigenvalue weighted by Crippen LogP contribution is 2.46. The zero-order chi connectivity index (χ0) is 90.9. The summed E-state index contributed by atoms with van der Waals surface area (Å²) in [6, 6.07) is 164. The maximum Gasteiger partial charge on any atom is 0.164 e. The lowest BCUT2D eigenvalue weighted by atomic mass is 9.90. The molecule has 0 saturated heterocycles. The van der Waals surface area contributed by atoms with E-state index >= 15 is 0 Å². The Morgan fingerprint density at radius 1 is 0.117 bits per heavy atom. The summed E-state index contributed by atoms with van der Waals surface area (Å²) in [5.41, 5.74) is 27.6. The van der Waals surface area contributed by atoms with Crippen molar-refractivity contribution in [3.63, 3.8) is 0 Å². The quantitative estimate of drug-likeness (QED) is 0.0959. The van der Waals surface area contributed by atoms with E-state index in [0.717, 1.165) is 171 Å². The molecule has 0 fully saturated rings. The molecule has 12 nitrogen and oxygen atoms in total. The van der Waals surface area contributed by atoms with Gasteiger partial charge in [0, 0.05) is 88.0 Å². The first-order valence-electron chi connectivity index (χ1n) is 45.7. The van der Waals surface area contributed by atoms with E-state index in [1.807, 2.05) is 206 Å². The zero-order valence-electron chi connectivity index (χ0n) is 73.9. The summed E-state index contributed by atoms with van der Waals surface area (Å²) in [7, 11) is 0. The number of benzene rings is 20. The highest BCUT2D eigenvalue weighted by molar-refractivity contribution is 6.18. The van der Waals surface area contributed by atoms with Crippen LogP contribution in [0.1, 0.15) is 0 Å². The van der Waals surface area contributed by atoms with Gasteiger partial charge in [-0.3, -0.25) is 0 Å². The Balaban J connectivity index is 0.000000112. The van der Waals surface area contributed by atoms with Crippen molar-refractivity contribution in [1.82, 2.24) is 44.9 Å². The second-order valence-electron chi connectivity index (χ2n) is 33.7. The van der Waals surface area contributed by atoms with Gasteiger partial charge in [0.1, 0.15) is 33.5 Å². The molecule has 0 radical (unpaired) electrons. The summed E-state index contributed by atoms with van der Waals surface area (Å²) >= 11 is 0. The van der Waals surface area contributed by atoms with Gasteiger partial charge in [-0.15, -0.1) is 0 Å². The molecule has 6 heterocycles. The fourth-order valence-corrected chi connectivity index (χ4v) is 18.6. The van der Waals surface area contributed by atoms with Crippen molar-refractivity contribution >= 4 is 87.4 Å². The standard InChI is InChI=1S/2C43H27N3O.C39H25N3O/c1-3-13-28(14-4-1)41-44-42(29-15-5-2-6-16-29)46-43(45-41)36-26-25-32(34-19-7-8-20-35(34)36)30-17-11-18-31(27-30)33-22-12-24-39-40(33)37-21-9-10-23-38(37)47-39;1-3-12-29(13-4-1)41-44-42(30-14-5-2-6-15-30)46-43(45-41)31-24-22-28(23-25-31)32-26-27-35(34-17-8-7-16-33(32)34)36-19-11-21-39-40(36)37-18-9-10-20-38(37)47-39;1-3-10-26(11-4-1)27-18-22-30(23-19-27)38-40-37(29-12-5-2-6-13-29)41-39(42-38)31-24-20-28(21-25-31)32-15-9-16-34-33-14-7-8-17-35(33)43-36(32)34/h2*1-27H;1-25H. The maximum absolute atomic E-state index is 6.29. The van der Waals surface area contributed by atoms with Gasteiger partial charge in [-0.25, -0.2) is 44.9 Å². The molecule has 0 bridgehead atoms. The minimum atomic E-state index is 0.629. The summed E-state index contributed by atoms with van der Waals surface area (Å²) in [5, 5.41) is 11.4. The smallest absolute Gasteiger partial charge is 0.164 e. The van der Waals surface area contributed by atoms with Crippen molar-refractivity contribution in [1.29, 1.82) is 0 Å². The van der Waals surface area contributed by atoms with Crippen LogP contribution in [0.2, 0.25) is 0 Å². The van der Waals surface area contributed by atoms with Gasteiger partial charge in [0.15, 0.2) is 52.4 Å². The monoisotopic (exact) mass is 1750 g/mol. The van der Waals surface area contributed by atoms with E-state index in [-0.39, 0.29) is 0 Å². The van der Waals surface area contributed by atoms with E-state index in [1.54, 1.807) is 0 Å². The van der Waals surface area contributed by atoms with Gasteiger partial charge in [0.2, 0.25) is 0 Å². The number of nitrogens with zero attached hydrogens (tertiary/aromatic N) is 9. The van der Waals surface area contributed by atoms with Crippen LogP contribution in [0.3, 0.4) is 0 Å². The third-order valence-electron chi connectivity index (χ3n) is 25.3. The SMILES string of the molecule is c1ccc(-c2ccc(-c3nc(-c4ccccc4)nc(-c4ccc(-c5cccc6c5oc5ccccc56)cc4)n3)cc2)cc1.c1ccc(-c2nc(-c3ccccc3)nc(-c3ccc(-c4ccc(-c5cccc6oc7ccccc7c56)c5ccccc45)cc3)n2)cc1.c1ccc(-c2nc(-c3ccccc3)nc(-c3ccc(-c4cccc(-c5cccc6oc7ccccc7c56)c4)c4ccccc34)n2)cc1. The predicted molar refractivity (Wildman–Crippen MR) is 558 cm³/mol. The molecule has 137 heavy (non-hydrogen) atoms. The normalized spacial score (nSPS) is 11.4. The first-order valence-corrected chi connectivity index (χ1v) is 45.7. The van der Waals surface area contributed by atoms with Crippen LogP contribution >= 0.6 is 0 Å². The first kappa shape index (κ1) is 81.6. The van der Waals surface area contributed by atoms with Crippen LogP contribution in [0.25, 0.3) is 257 Å². The average molecular weight is 1760 g/mol. The predicted octanol–water partition coefficient (Wildman–Crippen LogP) is 32.6. The Hall–Kier alpha value is -18.7. The molecule has 26 aromatic rings. The van der Waals surface area contributed by atoms with Gasteiger partial charge in [-0.05, 0) is 125 Å². The molecule has 20 aromatic carbocycles. The number of hydrogen-bond acceptors (Lipinski definition) is 12. The molecule has 26 rings (SSSR count). The third kappa shape index (κ3) is 16.0. The Morgan fingerprint density at radius 3 is 0.788 bits per heavy atom. The minimum absolute atomic E-state index is 0.629. The summed E-state index contributed by atoms with van der Waals surface area (Å²) in [5.74, 6) is 5.80. The summed E-state index contributed by atoms with van der Waals surface area (Å²) in [6.07, 6.45) is 0. The van der Waals surface area contributed by atoms with Gasteiger partial charge in [0.05, 0.1) is 0 Å². The first-order chi connectivity index (χ1) is 67.9. The van der Waals surface area contributed by atoms with Crippen LogP contribution in [0, 0.1) is 0 Å². The van der Waals surface area contributed by atoms with Crippen molar-refractivity contribution in [2.75, 3.05) is 0 Å². The number of aromatic nitrogens is 9. The van der Waals surface area contributed by atoms with Crippen LogP contribution in [-0.4, -0.2) is 44.9 Å². The molecule has 0 aliphatic rings. The van der Waals surface area contributed by atoms with Crippen LogP contribution in [0.15, 0.2) is 492 Å². The van der Waals surface area contributed by atoms with E-state index in [2.05, 4.69) is 273 Å². The lowest BCUT2D eigenvalue weighted by Crippen LogP contribution is -2.00. The average Bonchev–Trinajstić information content (AvgIpc) is 1.35. The molecular formula is C125H79N9O3. The number of para-hydroxylation sites is 4. The van der Waals surface area contributed by atoms with E-state index in [9.17, 15) is 0 Å². The lowest BCUT2D eigenvalue weighted by Gasteiger charge is -2.14. The molecule has 0 atom stereocenters. The molecule has 6 aromatic heterocycles. The van der Waals surface area contributed by atoms with Crippen molar-refractivity contribution in [3.8, 4) is 169 Å². The van der Waals surface area contributed by atoms with Crippen LogP contribution in [0.4, 0.5) is 0 Å². The molecule has 0 saturated carbocycles. The molecule has 0 unspecified atom stereocenters. The molecule has 0 spiro atoms. The molecule has 642 valence electrons. The van der Waals surface area contributed by atoms with Crippen molar-refractivity contribution in [3.05, 3.63) is 479 Å². The van der Waals surface area contributed by atoms with Gasteiger partial charge >= 0.3 is 0 Å². The lowest BCUT2D eigenvalue weighted by molar-refractivity contribution is 0.668. The number of fused-ring (bicyclic) bond motifs is 11. The van der Waals surface area contributed by atoms with E-state index in [4.69, 9.17) is 58.1 Å². The third-order valence-corrected chi connectivity index (χ3v) is 25.3. The summed E-state index contributed by atoms with van der Waals surface area (Å²) in [6.45, 7) is 0. The van der Waals surface area contributed by atoms with E-state index < -0.39 is 0 Å². The van der Waals surface area contributed by atoms with Gasteiger partial charge in [-0.1, -0.05) is 437 Å². The minimum Gasteiger partial charge on any atom is -0.456 e. The Kier molecular flexibility index (Phi) is 21.4. The summed E-state index contributed by atoms with van der Waals surface area (Å²) in [4.78, 5) is 44.3. The van der Waals surface area contributed by atoms with E-state index in [0.29, 0.717) is 52.4 Å². The second kappa shape index (κ2) is 35.9. The van der Waals surface area contributed by atoms with Crippen molar-refractivity contribution < 1.29 is 13.3 Å². The van der Waals surface area contributed by atoms with Crippen LogP contribution < -0.4 is 0 Å². The second-order valence-corrected chi connectivity index (χ2v) is 33.7. The van der Waals surface area contributed by atoms with Crippen molar-refractivity contribution in [2.24, 2.45) is 0 Å². The largest absolute Gasteiger partial charge is 0.456 e. The zero-order valence-corrected chi connectivity index (χ0v) is 73.9.